The highest BCUT2D eigenvalue weighted by Gasteiger charge is 2.28. The summed E-state index contributed by atoms with van der Waals surface area (Å²) < 4.78 is 17.2. The van der Waals surface area contributed by atoms with E-state index >= 15 is 0 Å². The molecular weight excluding hydrogens is 410 g/mol. The molecular formula is C20H21N3O6S. The predicted octanol–water partition coefficient (Wildman–Crippen LogP) is 3.50. The minimum absolute atomic E-state index is 0.0655. The van der Waals surface area contributed by atoms with E-state index in [4.69, 9.17) is 13.9 Å². The molecule has 0 saturated carbocycles. The fraction of sp³-hybridized carbons (Fsp3) is 0.300. The van der Waals surface area contributed by atoms with Gasteiger partial charge in [-0.05, 0) is 37.1 Å². The fourth-order valence-electron chi connectivity index (χ4n) is 2.70. The molecule has 9 nitrogen and oxygen atoms in total. The van der Waals surface area contributed by atoms with Crippen LogP contribution in [0.2, 0.25) is 0 Å². The number of methoxy groups -OCH3 is 1. The fourth-order valence-corrected chi connectivity index (χ4v) is 3.81. The Hall–Kier alpha value is -3.40. The molecule has 3 aromatic rings. The second kappa shape index (κ2) is 9.40. The van der Waals surface area contributed by atoms with Crippen LogP contribution in [0.3, 0.4) is 0 Å². The average Bonchev–Trinajstić information content (AvgIpc) is 3.47. The van der Waals surface area contributed by atoms with Crippen LogP contribution < -0.4 is 5.32 Å². The smallest absolute Gasteiger partial charge is 0.348 e. The zero-order valence-electron chi connectivity index (χ0n) is 16.8. The summed E-state index contributed by atoms with van der Waals surface area (Å²) in [6, 6.07) is 4.99. The Balaban J connectivity index is 1.84. The van der Waals surface area contributed by atoms with Gasteiger partial charge in [0.2, 0.25) is 0 Å². The van der Waals surface area contributed by atoms with E-state index in [1.54, 1.807) is 36.1 Å². The van der Waals surface area contributed by atoms with E-state index < -0.39 is 17.8 Å². The van der Waals surface area contributed by atoms with Gasteiger partial charge in [0.25, 0.3) is 5.91 Å². The van der Waals surface area contributed by atoms with Gasteiger partial charge < -0.3 is 19.2 Å². The topological polar surface area (TPSA) is 113 Å². The number of hydrogen-bond acceptors (Lipinski definition) is 8. The van der Waals surface area contributed by atoms with Gasteiger partial charge in [0.15, 0.2) is 5.76 Å². The minimum Gasteiger partial charge on any atom is -0.465 e. The van der Waals surface area contributed by atoms with E-state index in [-0.39, 0.29) is 27.8 Å². The molecule has 0 saturated heterocycles. The Morgan fingerprint density at radius 3 is 2.73 bits per heavy atom. The van der Waals surface area contributed by atoms with E-state index in [9.17, 15) is 14.4 Å². The second-order valence-electron chi connectivity index (χ2n) is 6.31. The predicted molar refractivity (Wildman–Crippen MR) is 109 cm³/mol. The molecule has 0 spiro atoms. The Morgan fingerprint density at radius 1 is 1.27 bits per heavy atom. The molecule has 10 heteroatoms. The molecule has 0 aliphatic rings. The molecule has 0 atom stereocenters. The largest absolute Gasteiger partial charge is 0.465 e. The number of hydrogen-bond donors (Lipinski definition) is 1. The first-order valence-electron chi connectivity index (χ1n) is 9.20. The lowest BCUT2D eigenvalue weighted by atomic mass is 10.1. The summed E-state index contributed by atoms with van der Waals surface area (Å²) in [5, 5.41) is 6.94. The first kappa shape index (κ1) is 21.3. The third kappa shape index (κ3) is 4.60. The SMILES string of the molecule is CCCOC(=O)c1c(NC(=O)c2ccc(Cn3cccn3)o2)sc(C(=O)OC)c1C. The molecule has 0 aliphatic heterocycles. The molecule has 158 valence electrons. The van der Waals surface area contributed by atoms with Crippen molar-refractivity contribution in [2.75, 3.05) is 19.0 Å². The van der Waals surface area contributed by atoms with Gasteiger partial charge in [0, 0.05) is 12.4 Å². The summed E-state index contributed by atoms with van der Waals surface area (Å²) in [5.41, 5.74) is 0.521. The molecule has 30 heavy (non-hydrogen) atoms. The van der Waals surface area contributed by atoms with Crippen LogP contribution in [0.5, 0.6) is 0 Å². The summed E-state index contributed by atoms with van der Waals surface area (Å²) in [4.78, 5) is 37.5. The number of nitrogens with zero attached hydrogens (tertiary/aromatic N) is 2. The molecule has 0 unspecified atom stereocenters. The lowest BCUT2D eigenvalue weighted by molar-refractivity contribution is 0.0506. The highest BCUT2D eigenvalue weighted by Crippen LogP contribution is 2.34. The third-order valence-electron chi connectivity index (χ3n) is 4.15. The maximum Gasteiger partial charge on any atom is 0.348 e. The van der Waals surface area contributed by atoms with Crippen molar-refractivity contribution in [2.45, 2.75) is 26.8 Å². The van der Waals surface area contributed by atoms with Gasteiger partial charge in [-0.15, -0.1) is 11.3 Å². The average molecular weight is 431 g/mol. The standard InChI is InChI=1S/C20H21N3O6S/c1-4-10-28-19(25)15-12(2)16(20(26)27-3)30-18(15)22-17(24)14-7-6-13(29-14)11-23-9-5-8-21-23/h5-9H,4,10-11H2,1-3H3,(H,22,24). The van der Waals surface area contributed by atoms with Crippen LogP contribution in [-0.4, -0.2) is 41.3 Å². The summed E-state index contributed by atoms with van der Waals surface area (Å²) in [6.45, 7) is 4.08. The molecule has 0 bridgehead atoms. The molecule has 3 aromatic heterocycles. The molecule has 3 heterocycles. The van der Waals surface area contributed by atoms with E-state index in [1.807, 2.05) is 6.92 Å². The number of furan rings is 1. The van der Waals surface area contributed by atoms with Gasteiger partial charge in [0.1, 0.15) is 15.6 Å². The molecule has 0 radical (unpaired) electrons. The highest BCUT2D eigenvalue weighted by atomic mass is 32.1. The van der Waals surface area contributed by atoms with Crippen molar-refractivity contribution in [2.24, 2.45) is 0 Å². The number of aromatic nitrogens is 2. The van der Waals surface area contributed by atoms with Crippen molar-refractivity contribution in [3.05, 3.63) is 58.1 Å². The third-order valence-corrected chi connectivity index (χ3v) is 5.34. The molecule has 0 fully saturated rings. The van der Waals surface area contributed by atoms with Crippen LogP contribution in [0.25, 0.3) is 0 Å². The van der Waals surface area contributed by atoms with E-state index in [1.165, 1.54) is 13.2 Å². The molecule has 3 rings (SSSR count). The van der Waals surface area contributed by atoms with Gasteiger partial charge in [0.05, 0.1) is 25.8 Å². The van der Waals surface area contributed by atoms with Crippen LogP contribution in [0.4, 0.5) is 5.00 Å². The highest BCUT2D eigenvalue weighted by molar-refractivity contribution is 7.18. The monoisotopic (exact) mass is 431 g/mol. The Labute approximate surface area is 176 Å². The van der Waals surface area contributed by atoms with E-state index in [0.29, 0.717) is 24.3 Å². The van der Waals surface area contributed by atoms with Crippen molar-refractivity contribution >= 4 is 34.2 Å². The van der Waals surface area contributed by atoms with Crippen LogP contribution in [0.15, 0.2) is 35.0 Å². The maximum atomic E-state index is 12.7. The first-order chi connectivity index (χ1) is 14.4. The number of carbonyl (C=O) groups excluding carboxylic acids is 3. The number of thiophene rings is 1. The molecule has 1 amide bonds. The number of rotatable bonds is 8. The number of ether oxygens (including phenoxy) is 2. The molecule has 1 N–H and O–H groups in total. The Bertz CT molecular complexity index is 1050. The second-order valence-corrected chi connectivity index (χ2v) is 7.33. The summed E-state index contributed by atoms with van der Waals surface area (Å²) in [5.74, 6) is -1.15. The van der Waals surface area contributed by atoms with Crippen LogP contribution in [0.1, 0.15) is 55.3 Å². The lowest BCUT2D eigenvalue weighted by Crippen LogP contribution is -2.14. The summed E-state index contributed by atoms with van der Waals surface area (Å²) in [7, 11) is 1.25. The summed E-state index contributed by atoms with van der Waals surface area (Å²) in [6.07, 6.45) is 4.07. The minimum atomic E-state index is -0.616. The van der Waals surface area contributed by atoms with Crippen molar-refractivity contribution in [1.29, 1.82) is 0 Å². The maximum absolute atomic E-state index is 12.7. The summed E-state index contributed by atoms with van der Waals surface area (Å²) >= 11 is 0.951. The number of anilines is 1. The van der Waals surface area contributed by atoms with E-state index in [2.05, 4.69) is 10.4 Å². The Morgan fingerprint density at radius 2 is 2.07 bits per heavy atom. The van der Waals surface area contributed by atoms with Gasteiger partial charge >= 0.3 is 11.9 Å². The van der Waals surface area contributed by atoms with Crippen molar-refractivity contribution in [3.63, 3.8) is 0 Å². The molecule has 0 aromatic carbocycles. The first-order valence-corrected chi connectivity index (χ1v) is 10.0. The normalized spacial score (nSPS) is 10.6. The number of esters is 2. The zero-order valence-corrected chi connectivity index (χ0v) is 17.6. The number of nitrogens with one attached hydrogen (secondary N) is 1. The van der Waals surface area contributed by atoms with Crippen molar-refractivity contribution in [1.82, 2.24) is 9.78 Å². The van der Waals surface area contributed by atoms with Crippen molar-refractivity contribution in [3.8, 4) is 0 Å². The molecule has 0 aliphatic carbocycles. The van der Waals surface area contributed by atoms with Crippen LogP contribution in [-0.2, 0) is 16.0 Å². The van der Waals surface area contributed by atoms with Crippen molar-refractivity contribution < 1.29 is 28.3 Å². The zero-order chi connectivity index (χ0) is 21.7. The quantitative estimate of drug-likeness (QED) is 0.543. The Kier molecular flexibility index (Phi) is 6.68. The van der Waals surface area contributed by atoms with Gasteiger partial charge in [-0.25, -0.2) is 9.59 Å². The van der Waals surface area contributed by atoms with Crippen LogP contribution >= 0.6 is 11.3 Å². The lowest BCUT2D eigenvalue weighted by Gasteiger charge is -2.07. The van der Waals surface area contributed by atoms with E-state index in [0.717, 1.165) is 11.3 Å². The van der Waals surface area contributed by atoms with Gasteiger partial charge in [-0.2, -0.15) is 5.10 Å². The number of amides is 1. The number of carbonyl (C=O) groups is 3. The van der Waals surface area contributed by atoms with Gasteiger partial charge in [-0.3, -0.25) is 9.48 Å². The van der Waals surface area contributed by atoms with Crippen LogP contribution in [0, 0.1) is 6.92 Å². The van der Waals surface area contributed by atoms with Gasteiger partial charge in [-0.1, -0.05) is 6.92 Å².